The van der Waals surface area contributed by atoms with Gasteiger partial charge in [0.05, 0.1) is 11.5 Å². The monoisotopic (exact) mass is 350 g/mol. The molecule has 3 rings (SSSR count). The van der Waals surface area contributed by atoms with Crippen LogP contribution in [0, 0.1) is 11.7 Å². The summed E-state index contributed by atoms with van der Waals surface area (Å²) in [6, 6.07) is 4.98. The van der Waals surface area contributed by atoms with E-state index in [1.54, 1.807) is 13.2 Å². The third-order valence-electron chi connectivity index (χ3n) is 4.64. The van der Waals surface area contributed by atoms with Gasteiger partial charge in [0.25, 0.3) is 5.91 Å². The normalized spacial score (nSPS) is 16.0. The number of hydrogen-bond donors (Lipinski definition) is 1. The third kappa shape index (κ3) is 3.31. The molecule has 0 atom stereocenters. The van der Waals surface area contributed by atoms with Crippen molar-refractivity contribution in [3.8, 4) is 0 Å². The van der Waals surface area contributed by atoms with E-state index in [0.717, 1.165) is 37.2 Å². The number of carbonyl (C=O) groups excluding carboxylic acids is 1. The number of halogens is 1. The molecule has 1 N–H and O–H groups in total. The SMILES string of the molecule is CNCC1CCN(C(=O)c2sc3cccc(F)c3c2COC)CC1. The molecule has 0 spiro atoms. The van der Waals surface area contributed by atoms with Crippen LogP contribution in [0.1, 0.15) is 28.1 Å². The van der Waals surface area contributed by atoms with Gasteiger partial charge < -0.3 is 15.0 Å². The molecule has 0 radical (unpaired) electrons. The van der Waals surface area contributed by atoms with E-state index < -0.39 is 0 Å². The van der Waals surface area contributed by atoms with Gasteiger partial charge in [0.2, 0.25) is 0 Å². The average Bonchev–Trinajstić information content (AvgIpc) is 2.96. The summed E-state index contributed by atoms with van der Waals surface area (Å²) >= 11 is 1.37. The molecule has 2 aromatic rings. The maximum Gasteiger partial charge on any atom is 0.264 e. The van der Waals surface area contributed by atoms with E-state index in [0.29, 0.717) is 21.7 Å². The summed E-state index contributed by atoms with van der Waals surface area (Å²) in [6.07, 6.45) is 2.01. The van der Waals surface area contributed by atoms with Crippen LogP contribution in [0.15, 0.2) is 18.2 Å². The lowest BCUT2D eigenvalue weighted by molar-refractivity contribution is 0.0692. The van der Waals surface area contributed by atoms with Gasteiger partial charge >= 0.3 is 0 Å². The first-order valence-corrected chi connectivity index (χ1v) is 9.10. The number of hydrogen-bond acceptors (Lipinski definition) is 4. The Morgan fingerprint density at radius 2 is 2.17 bits per heavy atom. The van der Waals surface area contributed by atoms with Gasteiger partial charge in [0.1, 0.15) is 5.82 Å². The third-order valence-corrected chi connectivity index (χ3v) is 5.83. The Kier molecular flexibility index (Phi) is 5.48. The highest BCUT2D eigenvalue weighted by atomic mass is 32.1. The number of nitrogens with one attached hydrogen (secondary N) is 1. The van der Waals surface area contributed by atoms with Crippen LogP contribution in [-0.4, -0.2) is 44.6 Å². The van der Waals surface area contributed by atoms with Crippen molar-refractivity contribution in [1.82, 2.24) is 10.2 Å². The first kappa shape index (κ1) is 17.3. The van der Waals surface area contributed by atoms with Gasteiger partial charge in [0, 0.05) is 35.8 Å². The van der Waals surface area contributed by atoms with Crippen molar-refractivity contribution in [1.29, 1.82) is 0 Å². The van der Waals surface area contributed by atoms with Crippen LogP contribution in [-0.2, 0) is 11.3 Å². The molecule has 1 amide bonds. The lowest BCUT2D eigenvalue weighted by atomic mass is 9.96. The van der Waals surface area contributed by atoms with E-state index in [-0.39, 0.29) is 18.3 Å². The van der Waals surface area contributed by atoms with Gasteiger partial charge in [-0.25, -0.2) is 4.39 Å². The van der Waals surface area contributed by atoms with Crippen molar-refractivity contribution in [2.75, 3.05) is 33.8 Å². The smallest absolute Gasteiger partial charge is 0.264 e. The van der Waals surface area contributed by atoms with E-state index in [1.807, 2.05) is 18.0 Å². The van der Waals surface area contributed by atoms with Gasteiger partial charge in [0.15, 0.2) is 0 Å². The van der Waals surface area contributed by atoms with Gasteiger partial charge in [-0.2, -0.15) is 0 Å². The minimum Gasteiger partial charge on any atom is -0.380 e. The summed E-state index contributed by atoms with van der Waals surface area (Å²) in [5.74, 6) is 0.338. The zero-order chi connectivity index (χ0) is 17.1. The van der Waals surface area contributed by atoms with Crippen LogP contribution in [0.3, 0.4) is 0 Å². The largest absolute Gasteiger partial charge is 0.380 e. The molecule has 6 heteroatoms. The average molecular weight is 350 g/mol. The molecule has 0 bridgehead atoms. The number of fused-ring (bicyclic) bond motifs is 1. The fraction of sp³-hybridized carbons (Fsp3) is 0.500. The summed E-state index contributed by atoms with van der Waals surface area (Å²) in [5, 5.41) is 3.73. The number of amides is 1. The topological polar surface area (TPSA) is 41.6 Å². The minimum absolute atomic E-state index is 0.00515. The lowest BCUT2D eigenvalue weighted by Gasteiger charge is -2.31. The van der Waals surface area contributed by atoms with Crippen molar-refractivity contribution in [3.63, 3.8) is 0 Å². The van der Waals surface area contributed by atoms with Crippen molar-refractivity contribution < 1.29 is 13.9 Å². The number of carbonyl (C=O) groups is 1. The fourth-order valence-electron chi connectivity index (χ4n) is 3.39. The Balaban J connectivity index is 1.87. The summed E-state index contributed by atoms with van der Waals surface area (Å²) in [7, 11) is 3.53. The van der Waals surface area contributed by atoms with E-state index in [4.69, 9.17) is 4.74 Å². The van der Waals surface area contributed by atoms with E-state index in [2.05, 4.69) is 5.32 Å². The Labute approximate surface area is 145 Å². The van der Waals surface area contributed by atoms with Crippen LogP contribution in [0.4, 0.5) is 4.39 Å². The highest BCUT2D eigenvalue weighted by Gasteiger charge is 2.27. The number of methoxy groups -OCH3 is 1. The molecule has 24 heavy (non-hydrogen) atoms. The summed E-state index contributed by atoms with van der Waals surface area (Å²) in [6.45, 7) is 2.76. The molecule has 0 aliphatic carbocycles. The number of likely N-dealkylation sites (tertiary alicyclic amines) is 1. The molecule has 2 heterocycles. The summed E-state index contributed by atoms with van der Waals surface area (Å²) in [5.41, 5.74) is 0.679. The minimum atomic E-state index is -0.289. The van der Waals surface area contributed by atoms with Crippen LogP contribution in [0.5, 0.6) is 0 Å². The van der Waals surface area contributed by atoms with Crippen molar-refractivity contribution in [2.45, 2.75) is 19.4 Å². The molecule has 0 unspecified atom stereocenters. The highest BCUT2D eigenvalue weighted by Crippen LogP contribution is 2.35. The summed E-state index contributed by atoms with van der Waals surface area (Å²) < 4.78 is 20.3. The zero-order valence-electron chi connectivity index (χ0n) is 14.1. The molecule has 130 valence electrons. The predicted molar refractivity (Wildman–Crippen MR) is 95.1 cm³/mol. The number of piperidine rings is 1. The van der Waals surface area contributed by atoms with Crippen LogP contribution >= 0.6 is 11.3 Å². The quantitative estimate of drug-likeness (QED) is 0.900. The molecule has 1 aliphatic heterocycles. The fourth-order valence-corrected chi connectivity index (χ4v) is 4.58. The van der Waals surface area contributed by atoms with Crippen LogP contribution in [0.2, 0.25) is 0 Å². The number of nitrogens with zero attached hydrogens (tertiary/aromatic N) is 1. The van der Waals surface area contributed by atoms with Crippen molar-refractivity contribution in [3.05, 3.63) is 34.5 Å². The number of rotatable bonds is 5. The van der Waals surface area contributed by atoms with E-state index in [1.165, 1.54) is 17.4 Å². The number of thiophene rings is 1. The Hall–Kier alpha value is -1.50. The highest BCUT2D eigenvalue weighted by molar-refractivity contribution is 7.21. The second kappa shape index (κ2) is 7.59. The Morgan fingerprint density at radius 3 is 2.83 bits per heavy atom. The molecule has 1 fully saturated rings. The molecule has 1 aromatic heterocycles. The number of ether oxygens (including phenoxy) is 1. The Morgan fingerprint density at radius 1 is 1.42 bits per heavy atom. The molecule has 1 saturated heterocycles. The maximum atomic E-state index is 14.2. The van der Waals surface area contributed by atoms with Crippen LogP contribution in [0.25, 0.3) is 10.1 Å². The molecule has 0 saturated carbocycles. The van der Waals surface area contributed by atoms with Crippen molar-refractivity contribution >= 4 is 27.3 Å². The first-order chi connectivity index (χ1) is 11.7. The first-order valence-electron chi connectivity index (χ1n) is 8.28. The summed E-state index contributed by atoms with van der Waals surface area (Å²) in [4.78, 5) is 15.5. The second-order valence-corrected chi connectivity index (χ2v) is 7.30. The van der Waals surface area contributed by atoms with Gasteiger partial charge in [-0.1, -0.05) is 6.07 Å². The Bertz CT molecular complexity index is 723. The molecular formula is C18H23FN2O2S. The van der Waals surface area contributed by atoms with Crippen molar-refractivity contribution in [2.24, 2.45) is 5.92 Å². The molecule has 4 nitrogen and oxygen atoms in total. The predicted octanol–water partition coefficient (Wildman–Crippen LogP) is 3.26. The standard InChI is InChI=1S/C18H23FN2O2S/c1-20-10-12-6-8-21(9-7-12)18(22)17-13(11-23-2)16-14(19)4-3-5-15(16)24-17/h3-5,12,20H,6-11H2,1-2H3. The molecular weight excluding hydrogens is 327 g/mol. The maximum absolute atomic E-state index is 14.2. The number of benzene rings is 1. The van der Waals surface area contributed by atoms with E-state index in [9.17, 15) is 9.18 Å². The molecule has 1 aromatic carbocycles. The molecule has 1 aliphatic rings. The van der Waals surface area contributed by atoms with Gasteiger partial charge in [-0.05, 0) is 44.5 Å². The van der Waals surface area contributed by atoms with Gasteiger partial charge in [-0.15, -0.1) is 11.3 Å². The lowest BCUT2D eigenvalue weighted by Crippen LogP contribution is -2.40. The van der Waals surface area contributed by atoms with Crippen LogP contribution < -0.4 is 5.32 Å². The second-order valence-electron chi connectivity index (χ2n) is 6.25. The zero-order valence-corrected chi connectivity index (χ0v) is 14.9. The van der Waals surface area contributed by atoms with E-state index >= 15 is 0 Å². The van der Waals surface area contributed by atoms with Gasteiger partial charge in [-0.3, -0.25) is 4.79 Å².